The second-order valence-corrected chi connectivity index (χ2v) is 7.45. The molecule has 7 heteroatoms. The summed E-state index contributed by atoms with van der Waals surface area (Å²) in [6, 6.07) is 14.9. The molecule has 0 aliphatic heterocycles. The summed E-state index contributed by atoms with van der Waals surface area (Å²) in [7, 11) is -3.91. The molecule has 0 saturated carbocycles. The Morgan fingerprint density at radius 2 is 1.54 bits per heavy atom. The zero-order chi connectivity index (χ0) is 18.3. The van der Waals surface area contributed by atoms with E-state index in [1.807, 2.05) is 0 Å². The average Bonchev–Trinajstić information content (AvgIpc) is 3.09. The van der Waals surface area contributed by atoms with Crippen molar-refractivity contribution in [3.05, 3.63) is 84.7 Å². The molecule has 0 spiro atoms. The van der Waals surface area contributed by atoms with Crippen LogP contribution in [0.4, 0.5) is 8.78 Å². The lowest BCUT2D eigenvalue weighted by molar-refractivity contribution is 0.588. The molecule has 2 aromatic heterocycles. The molecule has 0 saturated heterocycles. The molecular weight excluding hydrogens is 358 g/mol. The van der Waals surface area contributed by atoms with Crippen LogP contribution in [-0.2, 0) is 10.0 Å². The monoisotopic (exact) mass is 370 g/mol. The fourth-order valence-electron chi connectivity index (χ4n) is 2.80. The van der Waals surface area contributed by atoms with Crippen LogP contribution in [0.15, 0.2) is 78.0 Å². The highest BCUT2D eigenvalue weighted by atomic mass is 32.2. The van der Waals surface area contributed by atoms with E-state index in [2.05, 4.69) is 4.98 Å². The zero-order valence-corrected chi connectivity index (χ0v) is 14.1. The number of halogens is 2. The van der Waals surface area contributed by atoms with Crippen LogP contribution in [0.25, 0.3) is 22.2 Å². The Morgan fingerprint density at radius 3 is 2.27 bits per heavy atom. The summed E-state index contributed by atoms with van der Waals surface area (Å²) in [6.07, 6.45) is 2.39. The average molecular weight is 370 g/mol. The predicted octanol–water partition coefficient (Wildman–Crippen LogP) is 4.22. The van der Waals surface area contributed by atoms with Crippen molar-refractivity contribution in [2.45, 2.75) is 4.90 Å². The fraction of sp³-hybridized carbons (Fsp3) is 0. The van der Waals surface area contributed by atoms with Crippen LogP contribution in [0.2, 0.25) is 0 Å². The third-order valence-corrected chi connectivity index (χ3v) is 5.76. The van der Waals surface area contributed by atoms with Crippen molar-refractivity contribution in [3.8, 4) is 11.1 Å². The molecule has 0 aliphatic rings. The first kappa shape index (κ1) is 16.4. The molecule has 0 unspecified atom stereocenters. The summed E-state index contributed by atoms with van der Waals surface area (Å²) >= 11 is 0. The number of hydrogen-bond donors (Lipinski definition) is 0. The second kappa shape index (κ2) is 6.03. The van der Waals surface area contributed by atoms with E-state index in [0.717, 1.165) is 10.2 Å². The van der Waals surface area contributed by atoms with Gasteiger partial charge in [-0.3, -0.25) is 0 Å². The van der Waals surface area contributed by atoms with Gasteiger partial charge in [0.25, 0.3) is 10.0 Å². The minimum atomic E-state index is -3.91. The van der Waals surface area contributed by atoms with Crippen LogP contribution in [-0.4, -0.2) is 17.4 Å². The minimum Gasteiger partial charge on any atom is -0.236 e. The number of hydrogen-bond acceptors (Lipinski definition) is 3. The Hall–Kier alpha value is -3.06. The first-order chi connectivity index (χ1) is 12.5. The molecule has 0 N–H and O–H groups in total. The van der Waals surface area contributed by atoms with Crippen LogP contribution in [0.1, 0.15) is 0 Å². The summed E-state index contributed by atoms with van der Waals surface area (Å²) in [5, 5.41) is 0.00487. The third kappa shape index (κ3) is 2.48. The molecule has 0 aliphatic carbocycles. The molecule has 0 amide bonds. The maximum atomic E-state index is 14.9. The number of aromatic nitrogens is 2. The van der Waals surface area contributed by atoms with E-state index in [4.69, 9.17) is 0 Å². The van der Waals surface area contributed by atoms with Crippen molar-refractivity contribution >= 4 is 21.1 Å². The van der Waals surface area contributed by atoms with Gasteiger partial charge in [0, 0.05) is 23.5 Å². The van der Waals surface area contributed by atoms with Crippen molar-refractivity contribution in [2.24, 2.45) is 0 Å². The van der Waals surface area contributed by atoms with E-state index in [0.29, 0.717) is 0 Å². The Kier molecular flexibility index (Phi) is 3.81. The molecule has 26 heavy (non-hydrogen) atoms. The summed E-state index contributed by atoms with van der Waals surface area (Å²) in [6.45, 7) is 0. The van der Waals surface area contributed by atoms with E-state index in [-0.39, 0.29) is 27.1 Å². The number of rotatable bonds is 3. The molecule has 2 aromatic carbocycles. The molecule has 4 nitrogen and oxygen atoms in total. The van der Waals surface area contributed by atoms with Gasteiger partial charge in [-0.1, -0.05) is 36.4 Å². The fourth-order valence-corrected chi connectivity index (χ4v) is 4.12. The Morgan fingerprint density at radius 1 is 0.846 bits per heavy atom. The van der Waals surface area contributed by atoms with Crippen LogP contribution >= 0.6 is 0 Å². The maximum Gasteiger partial charge on any atom is 0.269 e. The molecule has 0 atom stereocenters. The lowest BCUT2D eigenvalue weighted by atomic mass is 10.1. The lowest BCUT2D eigenvalue weighted by Gasteiger charge is -2.09. The highest BCUT2D eigenvalue weighted by Crippen LogP contribution is 2.30. The van der Waals surface area contributed by atoms with Gasteiger partial charge in [-0.25, -0.2) is 26.2 Å². The van der Waals surface area contributed by atoms with E-state index >= 15 is 0 Å². The van der Waals surface area contributed by atoms with Crippen molar-refractivity contribution in [3.63, 3.8) is 0 Å². The second-order valence-electron chi connectivity index (χ2n) is 5.63. The maximum absolute atomic E-state index is 14.9. The normalized spacial score (nSPS) is 11.8. The van der Waals surface area contributed by atoms with Crippen molar-refractivity contribution in [2.75, 3.05) is 0 Å². The zero-order valence-electron chi connectivity index (χ0n) is 13.3. The Balaban J connectivity index is 1.92. The topological polar surface area (TPSA) is 52.0 Å². The minimum absolute atomic E-state index is 0.00487. The number of fused-ring (bicyclic) bond motifs is 1. The summed E-state index contributed by atoms with van der Waals surface area (Å²) < 4.78 is 55.4. The third-order valence-electron chi connectivity index (χ3n) is 4.08. The van der Waals surface area contributed by atoms with Crippen LogP contribution in [0.5, 0.6) is 0 Å². The van der Waals surface area contributed by atoms with Crippen LogP contribution in [0, 0.1) is 11.6 Å². The summed E-state index contributed by atoms with van der Waals surface area (Å²) in [4.78, 5) is 4.16. The van der Waals surface area contributed by atoms with Gasteiger partial charge >= 0.3 is 0 Å². The van der Waals surface area contributed by atoms with Crippen molar-refractivity contribution in [1.29, 1.82) is 0 Å². The number of pyridine rings is 1. The van der Waals surface area contributed by atoms with E-state index in [9.17, 15) is 17.2 Å². The number of nitrogens with zero attached hydrogens (tertiary/aromatic N) is 2. The van der Waals surface area contributed by atoms with E-state index in [1.165, 1.54) is 42.6 Å². The van der Waals surface area contributed by atoms with Gasteiger partial charge in [-0.2, -0.15) is 0 Å². The SMILES string of the molecule is O=S(=O)(c1ccccc1)n1ccc2c(F)c(-c3ccccc3F)cnc21. The van der Waals surface area contributed by atoms with E-state index in [1.54, 1.807) is 24.3 Å². The first-order valence-electron chi connectivity index (χ1n) is 7.71. The Labute approximate surface area is 148 Å². The molecule has 0 bridgehead atoms. The van der Waals surface area contributed by atoms with Gasteiger partial charge < -0.3 is 0 Å². The Bertz CT molecular complexity index is 1220. The van der Waals surface area contributed by atoms with Crippen molar-refractivity contribution < 1.29 is 17.2 Å². The molecular formula is C19H12F2N2O2S. The van der Waals surface area contributed by atoms with Crippen LogP contribution < -0.4 is 0 Å². The largest absolute Gasteiger partial charge is 0.269 e. The quantitative estimate of drug-likeness (QED) is 0.543. The van der Waals surface area contributed by atoms with Gasteiger partial charge in [0.15, 0.2) is 5.65 Å². The molecule has 4 rings (SSSR count). The van der Waals surface area contributed by atoms with Gasteiger partial charge in [0.2, 0.25) is 0 Å². The van der Waals surface area contributed by atoms with Gasteiger partial charge in [0.05, 0.1) is 10.3 Å². The molecule has 4 aromatic rings. The summed E-state index contributed by atoms with van der Waals surface area (Å²) in [5.41, 5.74) is -0.00466. The predicted molar refractivity (Wildman–Crippen MR) is 94.1 cm³/mol. The van der Waals surface area contributed by atoms with Gasteiger partial charge in [-0.15, -0.1) is 0 Å². The standard InChI is InChI=1S/C19H12F2N2O2S/c20-17-9-5-4-8-14(17)16-12-22-19-15(18(16)21)10-11-23(19)26(24,25)13-6-2-1-3-7-13/h1-12H. The van der Waals surface area contributed by atoms with Crippen molar-refractivity contribution in [1.82, 2.24) is 8.96 Å². The van der Waals surface area contributed by atoms with Gasteiger partial charge in [-0.05, 0) is 24.3 Å². The lowest BCUT2D eigenvalue weighted by Crippen LogP contribution is -2.12. The molecule has 0 radical (unpaired) electrons. The highest BCUT2D eigenvalue weighted by Gasteiger charge is 2.22. The smallest absolute Gasteiger partial charge is 0.236 e. The number of benzene rings is 2. The van der Waals surface area contributed by atoms with Crippen LogP contribution in [0.3, 0.4) is 0 Å². The molecule has 2 heterocycles. The van der Waals surface area contributed by atoms with E-state index < -0.39 is 21.7 Å². The van der Waals surface area contributed by atoms with Gasteiger partial charge in [0.1, 0.15) is 11.6 Å². The molecule has 130 valence electrons. The first-order valence-corrected chi connectivity index (χ1v) is 9.15. The summed E-state index contributed by atoms with van der Waals surface area (Å²) in [5.74, 6) is -1.30. The highest BCUT2D eigenvalue weighted by molar-refractivity contribution is 7.90. The molecule has 0 fully saturated rings.